The van der Waals surface area contributed by atoms with Crippen LogP contribution in [0.15, 0.2) is 186 Å². The normalized spacial score (nSPS) is 17.4. The minimum absolute atomic E-state index is 0.0581. The molecule has 8 aromatic carbocycles. The fourth-order valence-corrected chi connectivity index (χ4v) is 10.1. The summed E-state index contributed by atoms with van der Waals surface area (Å²) in [5.74, 6) is 0. The molecule has 3 N–H and O–H groups in total. The first-order chi connectivity index (χ1) is 28.2. The van der Waals surface area contributed by atoms with Crippen molar-refractivity contribution >= 4 is 75.3 Å². The Bertz CT molecular complexity index is 3210. The SMILES string of the molecule is c1ccc(C2NC(c3ccccc3)NC(c3cccc4c3oc3cc(-c5ccc6sc7cc(-n8c9ccccc9c9ccccc98)ccc7c6c5)ccc34)N2)cc1. The Hall–Kier alpha value is -6.54. The van der Waals surface area contributed by atoms with Crippen molar-refractivity contribution in [2.45, 2.75) is 18.5 Å². The van der Waals surface area contributed by atoms with Crippen molar-refractivity contribution in [3.8, 4) is 16.8 Å². The van der Waals surface area contributed by atoms with Crippen molar-refractivity contribution in [3.63, 3.8) is 0 Å². The Morgan fingerprint density at radius 2 is 1.02 bits per heavy atom. The highest BCUT2D eigenvalue weighted by Gasteiger charge is 2.31. The third kappa shape index (κ3) is 5.34. The van der Waals surface area contributed by atoms with Crippen LogP contribution in [0.2, 0.25) is 0 Å². The Morgan fingerprint density at radius 1 is 0.421 bits per heavy atom. The Kier molecular flexibility index (Phi) is 7.46. The molecule has 6 heteroatoms. The summed E-state index contributed by atoms with van der Waals surface area (Å²) in [5, 5.41) is 18.8. The third-order valence-electron chi connectivity index (χ3n) is 11.7. The predicted molar refractivity (Wildman–Crippen MR) is 237 cm³/mol. The third-order valence-corrected chi connectivity index (χ3v) is 12.9. The lowest BCUT2D eigenvalue weighted by atomic mass is 10.0. The van der Waals surface area contributed by atoms with Gasteiger partial charge in [-0.1, -0.05) is 133 Å². The average molecular weight is 753 g/mol. The van der Waals surface area contributed by atoms with Gasteiger partial charge in [-0.3, -0.25) is 16.0 Å². The van der Waals surface area contributed by atoms with Crippen LogP contribution in [-0.2, 0) is 0 Å². The van der Waals surface area contributed by atoms with Gasteiger partial charge in [0.25, 0.3) is 0 Å². The molecule has 0 aliphatic carbocycles. The van der Waals surface area contributed by atoms with Crippen LogP contribution in [0.25, 0.3) is 80.7 Å². The molecule has 272 valence electrons. The lowest BCUT2D eigenvalue weighted by Gasteiger charge is -2.39. The van der Waals surface area contributed by atoms with Crippen LogP contribution >= 0.6 is 11.3 Å². The van der Waals surface area contributed by atoms with Crippen molar-refractivity contribution in [2.24, 2.45) is 0 Å². The van der Waals surface area contributed by atoms with Gasteiger partial charge >= 0.3 is 0 Å². The highest BCUT2D eigenvalue weighted by atomic mass is 32.1. The lowest BCUT2D eigenvalue weighted by Crippen LogP contribution is -2.54. The molecule has 1 fully saturated rings. The summed E-state index contributed by atoms with van der Waals surface area (Å²) in [6.45, 7) is 0. The van der Waals surface area contributed by atoms with Crippen LogP contribution in [0, 0.1) is 0 Å². The molecule has 5 nitrogen and oxygen atoms in total. The van der Waals surface area contributed by atoms with Crippen LogP contribution < -0.4 is 16.0 Å². The first kappa shape index (κ1) is 32.7. The maximum absolute atomic E-state index is 6.83. The smallest absolute Gasteiger partial charge is 0.141 e. The highest BCUT2D eigenvalue weighted by molar-refractivity contribution is 7.25. The van der Waals surface area contributed by atoms with Crippen LogP contribution in [0.1, 0.15) is 35.2 Å². The number of nitrogens with one attached hydrogen (secondary N) is 3. The van der Waals surface area contributed by atoms with Crippen LogP contribution in [0.5, 0.6) is 0 Å². The largest absolute Gasteiger partial charge is 0.456 e. The van der Waals surface area contributed by atoms with Gasteiger partial charge in [-0.25, -0.2) is 0 Å². The number of fused-ring (bicyclic) bond motifs is 9. The standard InChI is InChI=1S/C51H36N4OS/c1-3-12-31(13-4-1)49-52-50(32-14-5-2-6-15-32)54-51(53-49)41-19-11-18-40-38-25-22-34(29-45(38)56-48(40)41)33-23-27-46-42(28-33)39-26-24-35(30-47(39)57-46)55-43-20-9-7-16-36(43)37-17-8-10-21-44(37)55/h1-30,49-54H. The van der Waals surface area contributed by atoms with E-state index in [2.05, 4.69) is 203 Å². The van der Waals surface area contributed by atoms with Gasteiger partial charge in [-0.2, -0.15) is 0 Å². The molecule has 1 saturated heterocycles. The van der Waals surface area contributed by atoms with Crippen molar-refractivity contribution in [2.75, 3.05) is 0 Å². The summed E-state index contributed by atoms with van der Waals surface area (Å²) < 4.78 is 11.8. The summed E-state index contributed by atoms with van der Waals surface area (Å²) in [6.07, 6.45) is -0.273. The lowest BCUT2D eigenvalue weighted by molar-refractivity contribution is 0.203. The number of hydrogen-bond donors (Lipinski definition) is 3. The zero-order valence-corrected chi connectivity index (χ0v) is 31.6. The molecule has 0 bridgehead atoms. The van der Waals surface area contributed by atoms with Crippen LogP contribution in [0.4, 0.5) is 0 Å². The van der Waals surface area contributed by atoms with E-state index in [0.29, 0.717) is 0 Å². The van der Waals surface area contributed by atoms with E-state index in [0.717, 1.165) is 33.1 Å². The molecular weight excluding hydrogens is 717 g/mol. The van der Waals surface area contributed by atoms with E-state index in [9.17, 15) is 0 Å². The summed E-state index contributed by atoms with van der Waals surface area (Å²) in [6, 6.07) is 65.5. The fraction of sp³-hybridized carbons (Fsp3) is 0.0588. The number of furan rings is 1. The monoisotopic (exact) mass is 752 g/mol. The minimum Gasteiger partial charge on any atom is -0.456 e. The van der Waals surface area contributed by atoms with E-state index in [1.807, 2.05) is 11.3 Å². The predicted octanol–water partition coefficient (Wildman–Crippen LogP) is 12.9. The summed E-state index contributed by atoms with van der Waals surface area (Å²) >= 11 is 1.86. The first-order valence-corrected chi connectivity index (χ1v) is 20.3. The van der Waals surface area contributed by atoms with Crippen LogP contribution in [0.3, 0.4) is 0 Å². The number of hydrogen-bond acceptors (Lipinski definition) is 5. The number of nitrogens with zero attached hydrogens (tertiary/aromatic N) is 1. The second-order valence-electron chi connectivity index (χ2n) is 15.0. The fourth-order valence-electron chi connectivity index (χ4n) is 9.01. The molecule has 0 radical (unpaired) electrons. The highest BCUT2D eigenvalue weighted by Crippen LogP contribution is 2.41. The molecule has 0 amide bonds. The molecule has 2 unspecified atom stereocenters. The molecule has 0 saturated carbocycles. The zero-order chi connectivity index (χ0) is 37.5. The summed E-state index contributed by atoms with van der Waals surface area (Å²) in [7, 11) is 0. The van der Waals surface area contributed by atoms with Gasteiger partial charge in [0.1, 0.15) is 11.2 Å². The molecular formula is C51H36N4OS. The van der Waals surface area contributed by atoms with E-state index in [1.165, 1.54) is 64.4 Å². The van der Waals surface area contributed by atoms with Crippen molar-refractivity contribution in [1.29, 1.82) is 0 Å². The Labute approximate surface area is 332 Å². The molecule has 1 aliphatic rings. The van der Waals surface area contributed by atoms with Gasteiger partial charge in [0.05, 0.1) is 29.5 Å². The van der Waals surface area contributed by atoms with Gasteiger partial charge in [-0.05, 0) is 70.8 Å². The molecule has 57 heavy (non-hydrogen) atoms. The van der Waals surface area contributed by atoms with Gasteiger partial charge in [0.2, 0.25) is 0 Å². The number of benzene rings is 8. The quantitative estimate of drug-likeness (QED) is 0.164. The molecule has 3 aromatic heterocycles. The number of para-hydroxylation sites is 3. The van der Waals surface area contributed by atoms with Gasteiger partial charge < -0.3 is 8.98 Å². The van der Waals surface area contributed by atoms with E-state index < -0.39 is 0 Å². The second-order valence-corrected chi connectivity index (χ2v) is 16.1. The second kappa shape index (κ2) is 13.0. The van der Waals surface area contributed by atoms with Crippen LogP contribution in [-0.4, -0.2) is 4.57 Å². The number of rotatable bonds is 5. The van der Waals surface area contributed by atoms with Crippen molar-refractivity contribution in [1.82, 2.24) is 20.5 Å². The number of thiophene rings is 1. The average Bonchev–Trinajstić information content (AvgIpc) is 3.95. The zero-order valence-electron chi connectivity index (χ0n) is 30.8. The summed E-state index contributed by atoms with van der Waals surface area (Å²) in [4.78, 5) is 0. The number of aromatic nitrogens is 1. The maximum Gasteiger partial charge on any atom is 0.141 e. The van der Waals surface area contributed by atoms with E-state index in [-0.39, 0.29) is 18.5 Å². The topological polar surface area (TPSA) is 54.2 Å². The van der Waals surface area contributed by atoms with E-state index in [4.69, 9.17) is 4.42 Å². The molecule has 4 heterocycles. The van der Waals surface area contributed by atoms with Crippen molar-refractivity contribution < 1.29 is 4.42 Å². The Balaban J connectivity index is 0.916. The molecule has 11 aromatic rings. The first-order valence-electron chi connectivity index (χ1n) is 19.5. The summed E-state index contributed by atoms with van der Waals surface area (Å²) in [5.41, 5.74) is 11.2. The molecule has 2 atom stereocenters. The Morgan fingerprint density at radius 3 is 1.74 bits per heavy atom. The molecule has 12 rings (SSSR count). The van der Waals surface area contributed by atoms with Gasteiger partial charge in [-0.15, -0.1) is 11.3 Å². The molecule has 1 aliphatic heterocycles. The molecule has 0 spiro atoms. The van der Waals surface area contributed by atoms with Gasteiger partial charge in [0.15, 0.2) is 0 Å². The minimum atomic E-state index is -0.157. The van der Waals surface area contributed by atoms with Gasteiger partial charge in [0, 0.05) is 53.0 Å². The van der Waals surface area contributed by atoms with E-state index in [1.54, 1.807) is 0 Å². The van der Waals surface area contributed by atoms with Crippen molar-refractivity contribution in [3.05, 3.63) is 199 Å². The van der Waals surface area contributed by atoms with E-state index >= 15 is 0 Å². The maximum atomic E-state index is 6.83.